The van der Waals surface area contributed by atoms with Gasteiger partial charge < -0.3 is 5.32 Å². The topological polar surface area (TPSA) is 81.4 Å². The summed E-state index contributed by atoms with van der Waals surface area (Å²) in [5, 5.41) is 17.2. The molecule has 0 radical (unpaired) electrons. The van der Waals surface area contributed by atoms with Crippen molar-refractivity contribution in [3.63, 3.8) is 0 Å². The quantitative estimate of drug-likeness (QED) is 0.622. The maximum atomic E-state index is 4.60. The van der Waals surface area contributed by atoms with E-state index in [4.69, 9.17) is 0 Å². The molecular formula is C15H11N7S. The van der Waals surface area contributed by atoms with Gasteiger partial charge in [-0.2, -0.15) is 0 Å². The molecule has 3 aromatic heterocycles. The van der Waals surface area contributed by atoms with E-state index < -0.39 is 0 Å². The minimum absolute atomic E-state index is 0.774. The lowest BCUT2D eigenvalue weighted by Crippen LogP contribution is -1.95. The third-order valence-electron chi connectivity index (χ3n) is 3.16. The molecule has 0 fully saturated rings. The Morgan fingerprint density at radius 2 is 2.09 bits per heavy atom. The summed E-state index contributed by atoms with van der Waals surface area (Å²) in [7, 11) is 0. The van der Waals surface area contributed by atoms with Gasteiger partial charge in [-0.25, -0.2) is 14.6 Å². The van der Waals surface area contributed by atoms with Gasteiger partial charge in [-0.3, -0.25) is 0 Å². The number of thiazole rings is 1. The van der Waals surface area contributed by atoms with Crippen molar-refractivity contribution in [2.45, 2.75) is 0 Å². The first-order valence-corrected chi connectivity index (χ1v) is 7.74. The molecule has 1 aromatic carbocycles. The number of nitrogens with zero attached hydrogens (tertiary/aromatic N) is 6. The summed E-state index contributed by atoms with van der Waals surface area (Å²) >= 11 is 1.53. The Hall–Kier alpha value is -3.13. The molecule has 7 nitrogen and oxygen atoms in total. The van der Waals surface area contributed by atoms with Crippen LogP contribution in [-0.2, 0) is 0 Å². The molecule has 0 saturated heterocycles. The van der Waals surface area contributed by atoms with E-state index >= 15 is 0 Å². The summed E-state index contributed by atoms with van der Waals surface area (Å²) < 4.78 is 1.61. The van der Waals surface area contributed by atoms with Crippen molar-refractivity contribution in [3.05, 3.63) is 60.4 Å². The highest BCUT2D eigenvalue weighted by molar-refractivity contribution is 7.14. The maximum absolute atomic E-state index is 4.60. The summed E-state index contributed by atoms with van der Waals surface area (Å²) in [6, 6.07) is 13.6. The number of tetrazole rings is 1. The lowest BCUT2D eigenvalue weighted by molar-refractivity contribution is 0.789. The van der Waals surface area contributed by atoms with Crippen molar-refractivity contribution in [3.8, 4) is 16.9 Å². The van der Waals surface area contributed by atoms with Crippen LogP contribution in [0.4, 0.5) is 10.9 Å². The van der Waals surface area contributed by atoms with Crippen molar-refractivity contribution in [1.82, 2.24) is 30.2 Å². The molecule has 23 heavy (non-hydrogen) atoms. The van der Waals surface area contributed by atoms with Gasteiger partial charge in [0.05, 0.1) is 11.4 Å². The monoisotopic (exact) mass is 321 g/mol. The second-order valence-corrected chi connectivity index (χ2v) is 5.54. The normalized spacial score (nSPS) is 10.6. The maximum Gasteiger partial charge on any atom is 0.188 e. The number of rotatable bonds is 4. The first-order valence-electron chi connectivity index (χ1n) is 6.86. The van der Waals surface area contributed by atoms with Gasteiger partial charge in [-0.05, 0) is 34.7 Å². The highest BCUT2D eigenvalue weighted by atomic mass is 32.1. The van der Waals surface area contributed by atoms with Crippen LogP contribution in [0.5, 0.6) is 0 Å². The molecule has 4 aromatic rings. The molecule has 0 atom stereocenters. The minimum Gasteiger partial charge on any atom is -0.316 e. The van der Waals surface area contributed by atoms with Crippen LogP contribution in [0.1, 0.15) is 0 Å². The summed E-state index contributed by atoms with van der Waals surface area (Å²) in [5.41, 5.74) is 2.78. The van der Waals surface area contributed by atoms with Gasteiger partial charge in [0, 0.05) is 17.1 Å². The van der Waals surface area contributed by atoms with Gasteiger partial charge in [0.1, 0.15) is 12.1 Å². The van der Waals surface area contributed by atoms with Gasteiger partial charge in [0.2, 0.25) is 0 Å². The average molecular weight is 321 g/mol. The van der Waals surface area contributed by atoms with E-state index in [1.54, 1.807) is 17.2 Å². The number of aromatic nitrogens is 6. The van der Waals surface area contributed by atoms with E-state index in [9.17, 15) is 0 Å². The van der Waals surface area contributed by atoms with Crippen LogP contribution in [0.25, 0.3) is 16.9 Å². The standard InChI is InChI=1S/C15H11N7S/c1-2-7-16-14(6-1)19-15-18-13(9-23-15)11-4-3-5-12(8-11)22-10-17-20-21-22/h1-10H,(H,16,18,19). The molecular weight excluding hydrogens is 310 g/mol. The molecule has 0 aliphatic carbocycles. The number of anilines is 2. The zero-order chi connectivity index (χ0) is 15.5. The largest absolute Gasteiger partial charge is 0.316 e. The van der Waals surface area contributed by atoms with E-state index in [0.717, 1.165) is 27.9 Å². The Morgan fingerprint density at radius 3 is 2.91 bits per heavy atom. The fourth-order valence-electron chi connectivity index (χ4n) is 2.10. The van der Waals surface area contributed by atoms with Crippen molar-refractivity contribution in [2.24, 2.45) is 0 Å². The molecule has 0 amide bonds. The number of benzene rings is 1. The third-order valence-corrected chi connectivity index (χ3v) is 3.92. The molecule has 4 rings (SSSR count). The number of pyridine rings is 1. The van der Waals surface area contributed by atoms with Gasteiger partial charge >= 0.3 is 0 Å². The lowest BCUT2D eigenvalue weighted by Gasteiger charge is -2.02. The molecule has 112 valence electrons. The van der Waals surface area contributed by atoms with Gasteiger partial charge in [-0.1, -0.05) is 18.2 Å². The van der Waals surface area contributed by atoms with E-state index in [0.29, 0.717) is 0 Å². The van der Waals surface area contributed by atoms with Crippen LogP contribution in [0, 0.1) is 0 Å². The molecule has 0 aliphatic rings. The highest BCUT2D eigenvalue weighted by Gasteiger charge is 2.07. The molecule has 0 saturated carbocycles. The number of nitrogens with one attached hydrogen (secondary N) is 1. The molecule has 0 spiro atoms. The first-order chi connectivity index (χ1) is 11.4. The van der Waals surface area contributed by atoms with Crippen LogP contribution in [0.15, 0.2) is 60.4 Å². The van der Waals surface area contributed by atoms with Crippen LogP contribution >= 0.6 is 11.3 Å². The lowest BCUT2D eigenvalue weighted by atomic mass is 10.1. The first kappa shape index (κ1) is 13.5. The molecule has 0 bridgehead atoms. The Balaban J connectivity index is 1.61. The van der Waals surface area contributed by atoms with E-state index in [1.807, 2.05) is 47.8 Å². The molecule has 3 heterocycles. The van der Waals surface area contributed by atoms with E-state index in [2.05, 4.69) is 30.8 Å². The molecule has 0 aliphatic heterocycles. The Kier molecular flexibility index (Phi) is 3.49. The van der Waals surface area contributed by atoms with Crippen molar-refractivity contribution in [2.75, 3.05) is 5.32 Å². The molecule has 0 unspecified atom stereocenters. The third kappa shape index (κ3) is 2.92. The zero-order valence-electron chi connectivity index (χ0n) is 11.9. The van der Waals surface area contributed by atoms with Gasteiger partial charge in [0.15, 0.2) is 5.13 Å². The second-order valence-electron chi connectivity index (χ2n) is 4.68. The Labute approximate surface area is 135 Å². The van der Waals surface area contributed by atoms with Crippen molar-refractivity contribution < 1.29 is 0 Å². The fourth-order valence-corrected chi connectivity index (χ4v) is 2.82. The Bertz CT molecular complexity index is 903. The minimum atomic E-state index is 0.774. The molecule has 1 N–H and O–H groups in total. The van der Waals surface area contributed by atoms with Crippen molar-refractivity contribution in [1.29, 1.82) is 0 Å². The average Bonchev–Trinajstić information content (AvgIpc) is 3.28. The zero-order valence-corrected chi connectivity index (χ0v) is 12.7. The van der Waals surface area contributed by atoms with E-state index in [1.165, 1.54) is 11.3 Å². The highest BCUT2D eigenvalue weighted by Crippen LogP contribution is 2.27. The SMILES string of the molecule is c1ccc(Nc2nc(-c3cccc(-n4cnnn4)c3)cs2)nc1. The summed E-state index contributed by atoms with van der Waals surface area (Å²) in [5.74, 6) is 0.774. The van der Waals surface area contributed by atoms with Crippen molar-refractivity contribution >= 4 is 22.3 Å². The predicted molar refractivity (Wildman–Crippen MR) is 87.8 cm³/mol. The van der Waals surface area contributed by atoms with Crippen LogP contribution in [-0.4, -0.2) is 30.2 Å². The summed E-state index contributed by atoms with van der Waals surface area (Å²) in [6.07, 6.45) is 3.31. The number of hydrogen-bond donors (Lipinski definition) is 1. The Morgan fingerprint density at radius 1 is 1.09 bits per heavy atom. The smallest absolute Gasteiger partial charge is 0.188 e. The fraction of sp³-hybridized carbons (Fsp3) is 0. The predicted octanol–water partition coefficient (Wildman–Crippen LogP) is 2.92. The van der Waals surface area contributed by atoms with Crippen LogP contribution in [0.2, 0.25) is 0 Å². The van der Waals surface area contributed by atoms with Crippen LogP contribution in [0.3, 0.4) is 0 Å². The van der Waals surface area contributed by atoms with Crippen LogP contribution < -0.4 is 5.32 Å². The summed E-state index contributed by atoms with van der Waals surface area (Å²) in [4.78, 5) is 8.84. The van der Waals surface area contributed by atoms with E-state index in [-0.39, 0.29) is 0 Å². The van der Waals surface area contributed by atoms with Gasteiger partial charge in [-0.15, -0.1) is 16.4 Å². The number of hydrogen-bond acceptors (Lipinski definition) is 7. The second kappa shape index (κ2) is 5.93. The molecule has 8 heteroatoms. The van der Waals surface area contributed by atoms with Gasteiger partial charge in [0.25, 0.3) is 0 Å². The summed E-state index contributed by atoms with van der Waals surface area (Å²) in [6.45, 7) is 0.